The Hall–Kier alpha value is -1.30. The molecule has 0 radical (unpaired) electrons. The monoisotopic (exact) mass is 383 g/mol. The molecule has 0 aliphatic carbocycles. The van der Waals surface area contributed by atoms with Gasteiger partial charge in [-0.25, -0.2) is 0 Å². The molecule has 22 heavy (non-hydrogen) atoms. The summed E-state index contributed by atoms with van der Waals surface area (Å²) in [7, 11) is 0. The van der Waals surface area contributed by atoms with E-state index in [0.717, 1.165) is 36.2 Å². The third-order valence-corrected chi connectivity index (χ3v) is 4.22. The number of carbonyl (C=O) groups is 1. The summed E-state index contributed by atoms with van der Waals surface area (Å²) in [6.07, 6.45) is 2.97. The minimum absolute atomic E-state index is 0. The predicted molar refractivity (Wildman–Crippen MR) is 94.9 cm³/mol. The molecule has 4 nitrogen and oxygen atoms in total. The van der Waals surface area contributed by atoms with Gasteiger partial charge in [0.1, 0.15) is 5.69 Å². The zero-order valence-corrected chi connectivity index (χ0v) is 14.8. The Balaban J connectivity index is 0.00000176. The molecule has 0 bridgehead atoms. The number of nitrogens with one attached hydrogen (secondary N) is 2. The van der Waals surface area contributed by atoms with Crippen LogP contribution in [0.1, 0.15) is 28.5 Å². The maximum absolute atomic E-state index is 12.4. The third-order valence-electron chi connectivity index (χ3n) is 3.79. The highest BCUT2D eigenvalue weighted by Gasteiger charge is 2.14. The number of rotatable bonds is 3. The number of fused-ring (bicyclic) bond motifs is 1. The summed E-state index contributed by atoms with van der Waals surface area (Å²) in [5.41, 5.74) is 4.15. The van der Waals surface area contributed by atoms with E-state index in [-0.39, 0.29) is 18.3 Å². The lowest BCUT2D eigenvalue weighted by atomic mass is 10.0. The summed E-state index contributed by atoms with van der Waals surface area (Å²) in [6.45, 7) is 4.68. The summed E-state index contributed by atoms with van der Waals surface area (Å²) < 4.78 is 2.85. The minimum Gasteiger partial charge on any atom is -0.343 e. The first kappa shape index (κ1) is 17.1. The fourth-order valence-electron chi connectivity index (χ4n) is 2.68. The molecule has 0 atom stereocenters. The molecule has 1 aliphatic heterocycles. The molecule has 2 N–H and O–H groups in total. The Morgan fingerprint density at radius 3 is 2.95 bits per heavy atom. The van der Waals surface area contributed by atoms with Gasteiger partial charge < -0.3 is 15.2 Å². The Morgan fingerprint density at radius 2 is 2.18 bits per heavy atom. The second kappa shape index (κ2) is 7.31. The Bertz CT molecular complexity index is 684. The van der Waals surface area contributed by atoms with Crippen molar-refractivity contribution < 1.29 is 4.79 Å². The van der Waals surface area contributed by atoms with Gasteiger partial charge in [0.25, 0.3) is 5.91 Å². The number of carbonyl (C=O) groups excluding carboxylic acids is 1. The van der Waals surface area contributed by atoms with Crippen LogP contribution in [0.15, 0.2) is 34.9 Å². The number of benzene rings is 1. The Labute approximate surface area is 144 Å². The molecule has 0 fully saturated rings. The summed E-state index contributed by atoms with van der Waals surface area (Å²) in [6, 6.07) is 8.00. The van der Waals surface area contributed by atoms with Crippen LogP contribution in [0.3, 0.4) is 0 Å². The van der Waals surface area contributed by atoms with E-state index in [4.69, 9.17) is 0 Å². The molecule has 0 saturated carbocycles. The quantitative estimate of drug-likeness (QED) is 0.849. The highest BCUT2D eigenvalue weighted by molar-refractivity contribution is 9.10. The molecular formula is C16H19BrClN3O. The number of hydrogen-bond acceptors (Lipinski definition) is 2. The van der Waals surface area contributed by atoms with E-state index in [1.54, 1.807) is 0 Å². The van der Waals surface area contributed by atoms with Crippen molar-refractivity contribution in [2.75, 3.05) is 11.9 Å². The van der Waals surface area contributed by atoms with Gasteiger partial charge in [0.2, 0.25) is 0 Å². The van der Waals surface area contributed by atoms with Crippen LogP contribution in [-0.2, 0) is 19.5 Å². The normalized spacial score (nSPS) is 13.2. The lowest BCUT2D eigenvalue weighted by Gasteiger charge is -2.18. The molecule has 0 saturated heterocycles. The number of nitrogens with zero attached hydrogens (tertiary/aromatic N) is 1. The highest BCUT2D eigenvalue weighted by atomic mass is 79.9. The van der Waals surface area contributed by atoms with E-state index in [9.17, 15) is 4.79 Å². The van der Waals surface area contributed by atoms with E-state index in [1.807, 2.05) is 29.8 Å². The van der Waals surface area contributed by atoms with Crippen LogP contribution in [-0.4, -0.2) is 17.0 Å². The summed E-state index contributed by atoms with van der Waals surface area (Å²) in [5, 5.41) is 6.34. The maximum atomic E-state index is 12.4. The summed E-state index contributed by atoms with van der Waals surface area (Å²) in [5.74, 6) is -0.0775. The van der Waals surface area contributed by atoms with Crippen LogP contribution in [0.5, 0.6) is 0 Å². The lowest BCUT2D eigenvalue weighted by molar-refractivity contribution is 0.101. The number of aromatic nitrogens is 1. The minimum atomic E-state index is -0.0775. The Morgan fingerprint density at radius 1 is 1.36 bits per heavy atom. The van der Waals surface area contributed by atoms with E-state index in [1.165, 1.54) is 11.1 Å². The van der Waals surface area contributed by atoms with Crippen molar-refractivity contribution in [1.29, 1.82) is 0 Å². The average Bonchev–Trinajstić information content (AvgIpc) is 2.88. The van der Waals surface area contributed by atoms with Gasteiger partial charge in [0, 0.05) is 29.4 Å². The lowest BCUT2D eigenvalue weighted by Crippen LogP contribution is -2.24. The summed E-state index contributed by atoms with van der Waals surface area (Å²) >= 11 is 3.42. The molecule has 1 amide bonds. The highest BCUT2D eigenvalue weighted by Crippen LogP contribution is 2.21. The van der Waals surface area contributed by atoms with Gasteiger partial charge >= 0.3 is 0 Å². The van der Waals surface area contributed by atoms with Crippen LogP contribution in [0.4, 0.5) is 5.69 Å². The largest absolute Gasteiger partial charge is 0.343 e. The van der Waals surface area contributed by atoms with E-state index < -0.39 is 0 Å². The Kier molecular flexibility index (Phi) is 5.67. The standard InChI is InChI=1S/C16H18BrN3O.ClH/c1-2-20-10-13(17)8-15(20)16(21)19-14-4-3-11-5-6-18-9-12(11)7-14;/h3-4,7-8,10,18H,2,5-6,9H2,1H3,(H,19,21);1H. The van der Waals surface area contributed by atoms with Crippen molar-refractivity contribution >= 4 is 39.9 Å². The predicted octanol–water partition coefficient (Wildman–Crippen LogP) is 3.59. The van der Waals surface area contributed by atoms with Gasteiger partial charge in [-0.3, -0.25) is 4.79 Å². The molecule has 1 aliphatic rings. The van der Waals surface area contributed by atoms with Crippen LogP contribution < -0.4 is 10.6 Å². The molecule has 2 heterocycles. The zero-order chi connectivity index (χ0) is 14.8. The first-order valence-electron chi connectivity index (χ1n) is 7.17. The van der Waals surface area contributed by atoms with Crippen molar-refractivity contribution in [3.05, 3.63) is 51.8 Å². The molecule has 0 unspecified atom stereocenters. The third kappa shape index (κ3) is 3.54. The molecular weight excluding hydrogens is 366 g/mol. The number of hydrogen-bond donors (Lipinski definition) is 2. The SMILES string of the molecule is CCn1cc(Br)cc1C(=O)Nc1ccc2c(c1)CNCC2.Cl. The maximum Gasteiger partial charge on any atom is 0.272 e. The molecule has 1 aromatic heterocycles. The topological polar surface area (TPSA) is 46.1 Å². The average molecular weight is 385 g/mol. The molecule has 1 aromatic carbocycles. The first-order chi connectivity index (χ1) is 10.2. The van der Waals surface area contributed by atoms with Crippen molar-refractivity contribution in [3.63, 3.8) is 0 Å². The zero-order valence-electron chi connectivity index (χ0n) is 12.4. The van der Waals surface area contributed by atoms with Gasteiger partial charge in [-0.2, -0.15) is 0 Å². The molecule has 118 valence electrons. The fraction of sp³-hybridized carbons (Fsp3) is 0.312. The fourth-order valence-corrected chi connectivity index (χ4v) is 3.14. The van der Waals surface area contributed by atoms with Crippen molar-refractivity contribution in [3.8, 4) is 0 Å². The summed E-state index contributed by atoms with van der Waals surface area (Å²) in [4.78, 5) is 12.4. The molecule has 3 rings (SSSR count). The molecule has 0 spiro atoms. The van der Waals surface area contributed by atoms with Gasteiger partial charge in [-0.15, -0.1) is 12.4 Å². The van der Waals surface area contributed by atoms with Gasteiger partial charge in [-0.05, 0) is 65.1 Å². The molecule has 2 aromatic rings. The van der Waals surface area contributed by atoms with Gasteiger partial charge in [0.05, 0.1) is 0 Å². The van der Waals surface area contributed by atoms with E-state index in [0.29, 0.717) is 5.69 Å². The second-order valence-corrected chi connectivity index (χ2v) is 6.11. The number of amides is 1. The molecule has 6 heteroatoms. The van der Waals surface area contributed by atoms with E-state index >= 15 is 0 Å². The number of aryl methyl sites for hydroxylation is 1. The van der Waals surface area contributed by atoms with Crippen LogP contribution >= 0.6 is 28.3 Å². The van der Waals surface area contributed by atoms with Crippen molar-refractivity contribution in [2.24, 2.45) is 0 Å². The van der Waals surface area contributed by atoms with Gasteiger partial charge in [-0.1, -0.05) is 6.07 Å². The van der Waals surface area contributed by atoms with Crippen LogP contribution in [0.2, 0.25) is 0 Å². The van der Waals surface area contributed by atoms with Gasteiger partial charge in [0.15, 0.2) is 0 Å². The second-order valence-electron chi connectivity index (χ2n) is 5.19. The number of anilines is 1. The number of halogens is 2. The van der Waals surface area contributed by atoms with Crippen molar-refractivity contribution in [1.82, 2.24) is 9.88 Å². The van der Waals surface area contributed by atoms with Crippen LogP contribution in [0.25, 0.3) is 0 Å². The van der Waals surface area contributed by atoms with Crippen molar-refractivity contribution in [2.45, 2.75) is 26.4 Å². The van der Waals surface area contributed by atoms with Crippen LogP contribution in [0, 0.1) is 0 Å². The van der Waals surface area contributed by atoms with E-state index in [2.05, 4.69) is 38.7 Å². The first-order valence-corrected chi connectivity index (χ1v) is 7.96. The smallest absolute Gasteiger partial charge is 0.272 e.